The lowest BCUT2D eigenvalue weighted by atomic mass is 9.90. The molecule has 1 unspecified atom stereocenters. The Kier molecular flexibility index (Phi) is 10.4. The number of carbonyl (C=O) groups is 2. The minimum absolute atomic E-state index is 0.0434. The van der Waals surface area contributed by atoms with E-state index in [2.05, 4.69) is 21.7 Å². The first-order valence-corrected chi connectivity index (χ1v) is 13.8. The molecule has 0 spiro atoms. The molecule has 0 aliphatic heterocycles. The van der Waals surface area contributed by atoms with E-state index in [1.54, 1.807) is 59.7 Å². The van der Waals surface area contributed by atoms with Gasteiger partial charge in [0.25, 0.3) is 0 Å². The van der Waals surface area contributed by atoms with Gasteiger partial charge in [-0.1, -0.05) is 51.1 Å². The number of ether oxygens (including phenoxy) is 4. The number of primary amides is 1. The van der Waals surface area contributed by atoms with Crippen molar-refractivity contribution in [3.8, 4) is 34.2 Å². The maximum absolute atomic E-state index is 12.8. The minimum atomic E-state index is -1.93. The predicted octanol–water partition coefficient (Wildman–Crippen LogP) is 5.26. The number of aromatic nitrogens is 1. The van der Waals surface area contributed by atoms with Crippen LogP contribution in [0.2, 0.25) is 0 Å². The Hall–Kier alpha value is -4.86. The van der Waals surface area contributed by atoms with Gasteiger partial charge in [-0.25, -0.2) is 19.9 Å². The number of benzene rings is 2. The summed E-state index contributed by atoms with van der Waals surface area (Å²) in [5.74, 6) is -1.33. The highest BCUT2D eigenvalue weighted by atomic mass is 16.8. The van der Waals surface area contributed by atoms with Gasteiger partial charge < -0.3 is 35.7 Å². The Morgan fingerprint density at radius 2 is 1.68 bits per heavy atom. The van der Waals surface area contributed by atoms with E-state index in [1.807, 2.05) is 36.4 Å². The number of para-hydroxylation sites is 1. The molecule has 3 rings (SSSR count). The molecule has 0 radical (unpaired) electrons. The number of amides is 2. The van der Waals surface area contributed by atoms with Crippen LogP contribution in [0, 0.1) is 16.7 Å². The van der Waals surface area contributed by atoms with Gasteiger partial charge in [0, 0.05) is 30.3 Å². The highest BCUT2D eigenvalue weighted by Crippen LogP contribution is 2.36. The van der Waals surface area contributed by atoms with Crippen LogP contribution in [0.3, 0.4) is 0 Å². The van der Waals surface area contributed by atoms with Crippen LogP contribution in [0.1, 0.15) is 52.7 Å². The molecule has 3 aromatic rings. The summed E-state index contributed by atoms with van der Waals surface area (Å²) in [5.41, 5.74) is 13.5. The normalized spacial score (nSPS) is 12.9. The van der Waals surface area contributed by atoms with Crippen molar-refractivity contribution in [3.05, 3.63) is 65.7 Å². The van der Waals surface area contributed by atoms with E-state index in [-0.39, 0.29) is 24.7 Å². The van der Waals surface area contributed by atoms with Crippen molar-refractivity contribution in [3.63, 3.8) is 0 Å². The maximum Gasteiger partial charge on any atom is 0.411 e. The number of hydrogen-bond donors (Lipinski definition) is 4. The second kappa shape index (κ2) is 13.6. The number of carbonyl (C=O) groups excluding carboxylic acids is 2. The molecular weight excluding hydrogens is 564 g/mol. The van der Waals surface area contributed by atoms with Crippen LogP contribution >= 0.6 is 0 Å². The zero-order valence-electron chi connectivity index (χ0n) is 26.1. The quantitative estimate of drug-likeness (QED) is 0.223. The summed E-state index contributed by atoms with van der Waals surface area (Å²) in [6.07, 6.45) is -1.93. The number of alkyl carbamates (subject to hydrolysis) is 1. The van der Waals surface area contributed by atoms with Gasteiger partial charge in [0.15, 0.2) is 6.79 Å². The number of pyridine rings is 1. The van der Waals surface area contributed by atoms with Crippen molar-refractivity contribution in [2.45, 2.75) is 59.5 Å². The molecule has 1 heterocycles. The Labute approximate surface area is 257 Å². The van der Waals surface area contributed by atoms with Crippen LogP contribution in [0.15, 0.2) is 54.6 Å². The minimum Gasteiger partial charge on any atom is -0.467 e. The first kappa shape index (κ1) is 33.6. The molecule has 1 atom stereocenters. The van der Waals surface area contributed by atoms with Crippen LogP contribution in [-0.2, 0) is 20.8 Å². The monoisotopic (exact) mass is 604 g/mol. The number of anilines is 1. The van der Waals surface area contributed by atoms with Crippen LogP contribution in [-0.4, -0.2) is 42.5 Å². The molecule has 0 aliphatic rings. The van der Waals surface area contributed by atoms with E-state index < -0.39 is 29.1 Å². The molecular formula is C32H40N6O6. The third-order valence-corrected chi connectivity index (χ3v) is 6.36. The lowest BCUT2D eigenvalue weighted by Crippen LogP contribution is -2.62. The molecule has 2 aromatic carbocycles. The molecule has 0 aliphatic carbocycles. The van der Waals surface area contributed by atoms with Crippen molar-refractivity contribution in [1.29, 1.82) is 5.26 Å². The number of nitriles is 1. The average Bonchev–Trinajstić information content (AvgIpc) is 2.92. The average molecular weight is 605 g/mol. The third kappa shape index (κ3) is 8.37. The molecule has 44 heavy (non-hydrogen) atoms. The Balaban J connectivity index is 2.02. The zero-order valence-corrected chi connectivity index (χ0v) is 26.1. The van der Waals surface area contributed by atoms with Crippen LogP contribution in [0.25, 0.3) is 22.4 Å². The Morgan fingerprint density at radius 1 is 0.977 bits per heavy atom. The van der Waals surface area contributed by atoms with Gasteiger partial charge in [0.2, 0.25) is 0 Å². The van der Waals surface area contributed by atoms with E-state index in [4.69, 9.17) is 30.4 Å². The van der Waals surface area contributed by atoms with Gasteiger partial charge in [-0.05, 0) is 56.2 Å². The largest absolute Gasteiger partial charge is 0.467 e. The molecule has 12 heteroatoms. The summed E-state index contributed by atoms with van der Waals surface area (Å²) in [6, 6.07) is 18.5. The van der Waals surface area contributed by atoms with Gasteiger partial charge in [0.1, 0.15) is 23.2 Å². The summed E-state index contributed by atoms with van der Waals surface area (Å²) in [4.78, 5) is 29.3. The molecule has 6 N–H and O–H groups in total. The zero-order chi connectivity index (χ0) is 32.7. The summed E-state index contributed by atoms with van der Waals surface area (Å²) in [5, 5.41) is 15.8. The van der Waals surface area contributed by atoms with E-state index in [9.17, 15) is 14.9 Å². The Morgan fingerprint density at radius 3 is 2.30 bits per heavy atom. The number of rotatable bonds is 10. The van der Waals surface area contributed by atoms with Gasteiger partial charge in [-0.15, -0.1) is 0 Å². The standard InChI is InChI=1S/C32H40N6O6/c1-30(2,3)32(43-28(35)39,44-29(40)38-31(4,5)6)36-18-20-11-10-12-21(15-20)23-16-25(37-27(34)24(23)17-33)22-13-8-9-14-26(22)42-19-41-7/h8-16,36H,18-19H2,1-7H3,(H2,34,37)(H2,35,39)(H,38,40). The van der Waals surface area contributed by atoms with Crippen molar-refractivity contribution in [1.82, 2.24) is 15.6 Å². The van der Waals surface area contributed by atoms with Gasteiger partial charge in [-0.3, -0.25) is 0 Å². The highest BCUT2D eigenvalue weighted by Gasteiger charge is 2.50. The van der Waals surface area contributed by atoms with E-state index in [1.165, 1.54) is 7.11 Å². The Bertz CT molecular complexity index is 1540. The molecule has 0 bridgehead atoms. The fraction of sp³-hybridized carbons (Fsp3) is 0.375. The highest BCUT2D eigenvalue weighted by molar-refractivity contribution is 5.81. The van der Waals surface area contributed by atoms with Gasteiger partial charge in [-0.2, -0.15) is 5.26 Å². The number of hydrogen-bond acceptors (Lipinski definition) is 10. The molecule has 0 saturated heterocycles. The topological polar surface area (TPSA) is 184 Å². The molecule has 2 amide bonds. The number of nitrogens with one attached hydrogen (secondary N) is 2. The van der Waals surface area contributed by atoms with E-state index >= 15 is 0 Å². The van der Waals surface area contributed by atoms with Crippen LogP contribution in [0.5, 0.6) is 5.75 Å². The van der Waals surface area contributed by atoms with E-state index in [0.29, 0.717) is 33.7 Å². The number of nitrogens with zero attached hydrogens (tertiary/aromatic N) is 2. The second-order valence-electron chi connectivity index (χ2n) is 12.1. The molecule has 1 aromatic heterocycles. The first-order valence-electron chi connectivity index (χ1n) is 13.8. The summed E-state index contributed by atoms with van der Waals surface area (Å²) in [6.45, 7) is 10.7. The van der Waals surface area contributed by atoms with Crippen molar-refractivity contribution < 1.29 is 28.5 Å². The first-order chi connectivity index (χ1) is 20.6. The van der Waals surface area contributed by atoms with E-state index in [0.717, 1.165) is 0 Å². The summed E-state index contributed by atoms with van der Waals surface area (Å²) >= 11 is 0. The molecule has 0 saturated carbocycles. The third-order valence-electron chi connectivity index (χ3n) is 6.36. The fourth-order valence-electron chi connectivity index (χ4n) is 4.31. The molecule has 12 nitrogen and oxygen atoms in total. The van der Waals surface area contributed by atoms with Crippen LogP contribution < -0.4 is 26.8 Å². The van der Waals surface area contributed by atoms with Crippen molar-refractivity contribution in [2.75, 3.05) is 19.6 Å². The fourth-order valence-corrected chi connectivity index (χ4v) is 4.31. The predicted molar refractivity (Wildman–Crippen MR) is 166 cm³/mol. The molecule has 0 fully saturated rings. The SMILES string of the molecule is COCOc1ccccc1-c1cc(-c2cccc(CNC(OC(N)=O)(OC(=O)NC(C)(C)C)C(C)(C)C)c2)c(C#N)c(N)n1. The lowest BCUT2D eigenvalue weighted by molar-refractivity contribution is -0.245. The summed E-state index contributed by atoms with van der Waals surface area (Å²) < 4.78 is 21.9. The second-order valence-corrected chi connectivity index (χ2v) is 12.1. The maximum atomic E-state index is 12.8. The number of methoxy groups -OCH3 is 1. The lowest BCUT2D eigenvalue weighted by Gasteiger charge is -2.42. The van der Waals surface area contributed by atoms with Crippen molar-refractivity contribution >= 4 is 18.0 Å². The van der Waals surface area contributed by atoms with Crippen molar-refractivity contribution in [2.24, 2.45) is 11.1 Å². The number of nitrogens with two attached hydrogens (primary N) is 2. The number of nitrogen functional groups attached to an aromatic ring is 1. The van der Waals surface area contributed by atoms with Gasteiger partial charge in [0.05, 0.1) is 11.1 Å². The van der Waals surface area contributed by atoms with Gasteiger partial charge >= 0.3 is 18.1 Å². The molecule has 234 valence electrons. The van der Waals surface area contributed by atoms with Crippen LogP contribution in [0.4, 0.5) is 15.4 Å². The summed E-state index contributed by atoms with van der Waals surface area (Å²) in [7, 11) is 1.53. The smallest absolute Gasteiger partial charge is 0.411 e.